The van der Waals surface area contributed by atoms with Crippen molar-refractivity contribution < 1.29 is 19.7 Å². The minimum atomic E-state index is -1.13. The topological polar surface area (TPSA) is 115 Å². The molecule has 0 aliphatic rings. The van der Waals surface area contributed by atoms with Crippen molar-refractivity contribution in [1.82, 2.24) is 9.97 Å². The molecule has 132 valence electrons. The minimum absolute atomic E-state index is 0.00723. The molecule has 2 N–H and O–H groups in total. The molecule has 3 rings (SSSR count). The number of halogens is 1. The molecule has 2 aromatic carbocycles. The van der Waals surface area contributed by atoms with E-state index < -0.39 is 11.5 Å². The van der Waals surface area contributed by atoms with Crippen LogP contribution in [0.5, 0.6) is 11.5 Å². The van der Waals surface area contributed by atoms with E-state index in [1.807, 2.05) is 0 Å². The van der Waals surface area contributed by atoms with E-state index in [2.05, 4.69) is 9.97 Å². The Labute approximate surface area is 152 Å². The molecule has 0 aliphatic carbocycles. The van der Waals surface area contributed by atoms with Crippen LogP contribution in [0.1, 0.15) is 21.7 Å². The number of carboxylic acids is 1. The molecule has 1 aromatic heterocycles. The summed E-state index contributed by atoms with van der Waals surface area (Å²) in [5.74, 6) is -1.16. The average Bonchev–Trinajstić information content (AvgIpc) is 2.61. The van der Waals surface area contributed by atoms with Crippen molar-refractivity contribution in [2.45, 2.75) is 0 Å². The predicted molar refractivity (Wildman–Crippen MR) is 95.5 cm³/mol. The van der Waals surface area contributed by atoms with Crippen LogP contribution < -0.4 is 15.4 Å². The van der Waals surface area contributed by atoms with E-state index >= 15 is 0 Å². The number of H-pyrrole nitrogens is 1. The summed E-state index contributed by atoms with van der Waals surface area (Å²) < 4.78 is 4.91. The predicted octanol–water partition coefficient (Wildman–Crippen LogP) is 2.44. The Bertz CT molecular complexity index is 1100. The van der Waals surface area contributed by atoms with Gasteiger partial charge in [-0.25, -0.2) is 9.78 Å². The van der Waals surface area contributed by atoms with Gasteiger partial charge in [0.2, 0.25) is 0 Å². The zero-order chi connectivity index (χ0) is 18.8. The molecule has 7 nitrogen and oxygen atoms in total. The number of aromatic carboxylic acids is 1. The second-order valence-electron chi connectivity index (χ2n) is 5.35. The van der Waals surface area contributed by atoms with E-state index in [9.17, 15) is 14.7 Å². The number of ether oxygens (including phenoxy) is 1. The molecule has 0 aliphatic heterocycles. The summed E-state index contributed by atoms with van der Waals surface area (Å²) in [4.78, 5) is 30.0. The van der Waals surface area contributed by atoms with Crippen LogP contribution in [-0.4, -0.2) is 28.2 Å². The lowest BCUT2D eigenvalue weighted by Gasteiger charge is -2.12. The van der Waals surface area contributed by atoms with Gasteiger partial charge < -0.3 is 19.9 Å². The lowest BCUT2D eigenvalue weighted by molar-refractivity contribution is -0.270. The first-order valence-corrected chi connectivity index (χ1v) is 7.77. The molecule has 0 saturated carbocycles. The van der Waals surface area contributed by atoms with E-state index in [1.54, 1.807) is 6.07 Å². The molecule has 0 fully saturated rings. The molecule has 0 unspecified atom stereocenters. The van der Waals surface area contributed by atoms with Gasteiger partial charge in [0.15, 0.2) is 5.82 Å². The molecule has 1 heterocycles. The first-order valence-electron chi connectivity index (χ1n) is 7.39. The number of aromatic amines is 1. The van der Waals surface area contributed by atoms with E-state index in [0.717, 1.165) is 0 Å². The Morgan fingerprint density at radius 3 is 2.73 bits per heavy atom. The second-order valence-corrected chi connectivity index (χ2v) is 5.76. The van der Waals surface area contributed by atoms with E-state index in [4.69, 9.17) is 21.4 Å². The van der Waals surface area contributed by atoms with Gasteiger partial charge in [0.05, 0.1) is 28.6 Å². The third-order valence-corrected chi connectivity index (χ3v) is 3.95. The van der Waals surface area contributed by atoms with Gasteiger partial charge in [-0.1, -0.05) is 29.5 Å². The summed E-state index contributed by atoms with van der Waals surface area (Å²) in [6, 6.07) is 8.48. The average molecular weight is 372 g/mol. The first kappa shape index (κ1) is 17.5. The second kappa shape index (κ2) is 6.89. The Kier molecular flexibility index (Phi) is 4.64. The summed E-state index contributed by atoms with van der Waals surface area (Å²) >= 11 is 6.22. The van der Waals surface area contributed by atoms with Crippen molar-refractivity contribution in [3.8, 4) is 11.5 Å². The monoisotopic (exact) mass is 371 g/mol. The van der Waals surface area contributed by atoms with Gasteiger partial charge in [0.25, 0.3) is 5.56 Å². The number of nitrogens with zero attached hydrogens (tertiary/aromatic N) is 1. The largest absolute Gasteiger partial charge is 0.870 e. The Morgan fingerprint density at radius 1 is 1.31 bits per heavy atom. The highest BCUT2D eigenvalue weighted by Crippen LogP contribution is 2.27. The number of benzene rings is 2. The fourth-order valence-electron chi connectivity index (χ4n) is 2.38. The molecular weight excluding hydrogens is 360 g/mol. The van der Waals surface area contributed by atoms with Gasteiger partial charge in [-0.05, 0) is 35.9 Å². The molecule has 0 amide bonds. The number of hydrogen-bond donors (Lipinski definition) is 2. The fourth-order valence-corrected chi connectivity index (χ4v) is 2.60. The third kappa shape index (κ3) is 3.38. The molecule has 0 radical (unpaired) electrons. The Balaban J connectivity index is 2.07. The lowest BCUT2D eigenvalue weighted by atomic mass is 10.1. The van der Waals surface area contributed by atoms with Gasteiger partial charge in [0, 0.05) is 0 Å². The molecule has 3 aromatic rings. The van der Waals surface area contributed by atoms with Crippen LogP contribution in [0.4, 0.5) is 0 Å². The number of rotatable bonds is 4. The lowest BCUT2D eigenvalue weighted by Crippen LogP contribution is -2.11. The number of aromatic nitrogens is 2. The third-order valence-electron chi connectivity index (χ3n) is 3.66. The van der Waals surface area contributed by atoms with E-state index in [1.165, 1.54) is 43.5 Å². The van der Waals surface area contributed by atoms with Crippen molar-refractivity contribution in [2.75, 3.05) is 7.11 Å². The molecule has 8 heteroatoms. The van der Waals surface area contributed by atoms with Gasteiger partial charge >= 0.3 is 5.97 Å². The normalized spacial score (nSPS) is 11.5. The summed E-state index contributed by atoms with van der Waals surface area (Å²) in [5.41, 5.74) is 0.262. The minimum Gasteiger partial charge on any atom is -0.870 e. The first-order chi connectivity index (χ1) is 12.4. The van der Waals surface area contributed by atoms with Crippen LogP contribution >= 0.6 is 11.6 Å². The highest BCUT2D eigenvalue weighted by atomic mass is 35.5. The molecule has 0 atom stereocenters. The van der Waals surface area contributed by atoms with Crippen molar-refractivity contribution in [3.63, 3.8) is 0 Å². The SMILES string of the molecule is COc1ccc(/C=C(\Cl)c2nc3cc(C(=O)O)ccc3c(=O)[nH]2)cc1[O-]. The standard InChI is InChI=1S/C18H13ClN2O5/c1-26-15-5-2-9(7-14(15)22)6-12(19)16-20-13-8-10(18(24)25)3-4-11(13)17(23)21-16/h2-8,22H,1H3,(H,24,25)(H,20,21,23)/p-1/b12-6-. The van der Waals surface area contributed by atoms with Crippen molar-refractivity contribution in [1.29, 1.82) is 0 Å². The Hall–Kier alpha value is -3.32. The number of fused-ring (bicyclic) bond motifs is 1. The van der Waals surface area contributed by atoms with Gasteiger partial charge in [-0.3, -0.25) is 4.79 Å². The van der Waals surface area contributed by atoms with E-state index in [0.29, 0.717) is 5.56 Å². The molecular formula is C18H12ClN2O5-. The summed E-state index contributed by atoms with van der Waals surface area (Å²) in [6.45, 7) is 0. The van der Waals surface area contributed by atoms with Crippen molar-refractivity contribution in [3.05, 3.63) is 63.7 Å². The number of hydrogen-bond acceptors (Lipinski definition) is 5. The number of nitrogens with one attached hydrogen (secondary N) is 1. The zero-order valence-corrected chi connectivity index (χ0v) is 14.2. The number of carbonyl (C=O) groups is 1. The van der Waals surface area contributed by atoms with Crippen molar-refractivity contribution in [2.24, 2.45) is 0 Å². The molecule has 0 bridgehead atoms. The maximum atomic E-state index is 12.2. The fraction of sp³-hybridized carbons (Fsp3) is 0.0556. The van der Waals surface area contributed by atoms with Gasteiger partial charge in [0.1, 0.15) is 5.75 Å². The van der Waals surface area contributed by atoms with Crippen LogP contribution in [0.25, 0.3) is 22.0 Å². The number of methoxy groups -OCH3 is 1. The summed E-state index contributed by atoms with van der Waals surface area (Å²) in [5, 5.41) is 21.2. The van der Waals surface area contributed by atoms with Crippen LogP contribution in [0.2, 0.25) is 0 Å². The van der Waals surface area contributed by atoms with E-state index in [-0.39, 0.29) is 38.8 Å². The molecule has 0 spiro atoms. The maximum Gasteiger partial charge on any atom is 0.335 e. The maximum absolute atomic E-state index is 12.2. The quantitative estimate of drug-likeness (QED) is 0.727. The number of carboxylic acid groups (broad SMARTS) is 1. The highest BCUT2D eigenvalue weighted by Gasteiger charge is 2.10. The smallest absolute Gasteiger partial charge is 0.335 e. The molecule has 26 heavy (non-hydrogen) atoms. The van der Waals surface area contributed by atoms with Crippen LogP contribution in [0.3, 0.4) is 0 Å². The van der Waals surface area contributed by atoms with Crippen molar-refractivity contribution >= 4 is 39.6 Å². The Morgan fingerprint density at radius 2 is 2.08 bits per heavy atom. The zero-order valence-electron chi connectivity index (χ0n) is 13.4. The van der Waals surface area contributed by atoms with Crippen LogP contribution in [-0.2, 0) is 0 Å². The molecule has 0 saturated heterocycles. The van der Waals surface area contributed by atoms with Gasteiger partial charge in [-0.15, -0.1) is 0 Å². The summed E-state index contributed by atoms with van der Waals surface area (Å²) in [6.07, 6.45) is 1.47. The van der Waals surface area contributed by atoms with Gasteiger partial charge in [-0.2, -0.15) is 0 Å². The summed E-state index contributed by atoms with van der Waals surface area (Å²) in [7, 11) is 1.40. The highest BCUT2D eigenvalue weighted by molar-refractivity contribution is 6.50. The van der Waals surface area contributed by atoms with Crippen LogP contribution in [0.15, 0.2) is 41.2 Å². The van der Waals surface area contributed by atoms with Crippen LogP contribution in [0, 0.1) is 0 Å².